The van der Waals surface area contributed by atoms with E-state index in [2.05, 4.69) is 4.90 Å². The molecular formula is C13H18N2O2. The van der Waals surface area contributed by atoms with Crippen LogP contribution in [0.2, 0.25) is 0 Å². The summed E-state index contributed by atoms with van der Waals surface area (Å²) < 4.78 is 4.78. The molecule has 1 fully saturated rings. The van der Waals surface area contributed by atoms with E-state index in [9.17, 15) is 4.79 Å². The molecule has 2 rings (SSSR count). The van der Waals surface area contributed by atoms with E-state index in [0.29, 0.717) is 11.3 Å². The highest BCUT2D eigenvalue weighted by Gasteiger charge is 2.24. The van der Waals surface area contributed by atoms with Crippen LogP contribution >= 0.6 is 0 Å². The highest BCUT2D eigenvalue weighted by molar-refractivity contribution is 5.96. The number of carbonyl (C=O) groups excluding carboxylic acids is 1. The monoisotopic (exact) mass is 234 g/mol. The minimum Gasteiger partial charge on any atom is -0.465 e. The fourth-order valence-corrected chi connectivity index (χ4v) is 1.95. The predicted octanol–water partition coefficient (Wildman–Crippen LogP) is 1.90. The smallest absolute Gasteiger partial charge is 0.340 e. The van der Waals surface area contributed by atoms with Gasteiger partial charge in [-0.15, -0.1) is 0 Å². The van der Waals surface area contributed by atoms with Gasteiger partial charge in [-0.25, -0.2) is 4.79 Å². The molecular weight excluding hydrogens is 216 g/mol. The largest absolute Gasteiger partial charge is 0.465 e. The van der Waals surface area contributed by atoms with Gasteiger partial charge in [-0.2, -0.15) is 0 Å². The number of methoxy groups -OCH3 is 1. The van der Waals surface area contributed by atoms with E-state index in [4.69, 9.17) is 10.5 Å². The number of rotatable bonds is 4. The zero-order chi connectivity index (χ0) is 12.4. The number of hydrogen-bond donors (Lipinski definition) is 1. The first-order valence-electron chi connectivity index (χ1n) is 5.80. The van der Waals surface area contributed by atoms with Crippen molar-refractivity contribution in [1.29, 1.82) is 0 Å². The van der Waals surface area contributed by atoms with E-state index in [1.54, 1.807) is 6.07 Å². The number of carbonyl (C=O) groups is 1. The van der Waals surface area contributed by atoms with Crippen molar-refractivity contribution in [2.45, 2.75) is 12.8 Å². The second-order valence-electron chi connectivity index (χ2n) is 4.59. The molecule has 0 aliphatic heterocycles. The molecule has 1 aromatic rings. The van der Waals surface area contributed by atoms with Crippen LogP contribution in [0.25, 0.3) is 0 Å². The first-order chi connectivity index (χ1) is 8.11. The molecule has 1 aromatic carbocycles. The van der Waals surface area contributed by atoms with Crippen LogP contribution in [0.15, 0.2) is 18.2 Å². The van der Waals surface area contributed by atoms with Gasteiger partial charge in [0.05, 0.1) is 18.4 Å². The van der Waals surface area contributed by atoms with Gasteiger partial charge in [-0.3, -0.25) is 0 Å². The van der Waals surface area contributed by atoms with Gasteiger partial charge < -0.3 is 15.4 Å². The molecule has 0 amide bonds. The van der Waals surface area contributed by atoms with Crippen LogP contribution in [0.4, 0.5) is 11.4 Å². The highest BCUT2D eigenvalue weighted by Crippen LogP contribution is 2.32. The lowest BCUT2D eigenvalue weighted by molar-refractivity contribution is 0.0601. The van der Waals surface area contributed by atoms with E-state index in [-0.39, 0.29) is 5.97 Å². The maximum absolute atomic E-state index is 11.7. The Morgan fingerprint density at radius 3 is 2.82 bits per heavy atom. The van der Waals surface area contributed by atoms with Crippen LogP contribution in [0.1, 0.15) is 23.2 Å². The number of anilines is 2. The van der Waals surface area contributed by atoms with E-state index < -0.39 is 0 Å². The highest BCUT2D eigenvalue weighted by atomic mass is 16.5. The fourth-order valence-electron chi connectivity index (χ4n) is 1.95. The lowest BCUT2D eigenvalue weighted by Gasteiger charge is -2.21. The Morgan fingerprint density at radius 2 is 2.24 bits per heavy atom. The summed E-state index contributed by atoms with van der Waals surface area (Å²) in [4.78, 5) is 13.8. The molecule has 1 aliphatic rings. The first-order valence-corrected chi connectivity index (χ1v) is 5.80. The van der Waals surface area contributed by atoms with Gasteiger partial charge in [0.2, 0.25) is 0 Å². The second-order valence-corrected chi connectivity index (χ2v) is 4.59. The molecule has 92 valence electrons. The first kappa shape index (κ1) is 11.8. The zero-order valence-corrected chi connectivity index (χ0v) is 10.3. The standard InChI is InChI=1S/C13H18N2O2/c1-15(8-9-3-4-9)12-6-5-10(14)7-11(12)13(16)17-2/h5-7,9H,3-4,8,14H2,1-2H3. The van der Waals surface area contributed by atoms with Crippen molar-refractivity contribution in [2.75, 3.05) is 31.3 Å². The molecule has 0 heterocycles. The van der Waals surface area contributed by atoms with Gasteiger partial charge in [0, 0.05) is 19.3 Å². The van der Waals surface area contributed by atoms with Crippen LogP contribution in [0.5, 0.6) is 0 Å². The average molecular weight is 234 g/mol. The maximum atomic E-state index is 11.7. The Hall–Kier alpha value is -1.71. The van der Waals surface area contributed by atoms with Gasteiger partial charge in [0.15, 0.2) is 0 Å². The maximum Gasteiger partial charge on any atom is 0.340 e. The summed E-state index contributed by atoms with van der Waals surface area (Å²) in [5.41, 5.74) is 7.71. The van der Waals surface area contributed by atoms with Gasteiger partial charge in [-0.1, -0.05) is 0 Å². The molecule has 0 bridgehead atoms. The minimum atomic E-state index is -0.338. The molecule has 0 radical (unpaired) electrons. The quantitative estimate of drug-likeness (QED) is 0.638. The summed E-state index contributed by atoms with van der Waals surface area (Å²) in [7, 11) is 3.38. The van der Waals surface area contributed by atoms with E-state index in [1.165, 1.54) is 20.0 Å². The number of benzene rings is 1. The molecule has 4 nitrogen and oxygen atoms in total. The number of hydrogen-bond acceptors (Lipinski definition) is 4. The van der Waals surface area contributed by atoms with Crippen molar-refractivity contribution in [3.63, 3.8) is 0 Å². The van der Waals surface area contributed by atoms with E-state index in [0.717, 1.165) is 18.2 Å². The number of nitrogens with two attached hydrogens (primary N) is 1. The molecule has 0 unspecified atom stereocenters. The average Bonchev–Trinajstić information content (AvgIpc) is 3.11. The molecule has 4 heteroatoms. The predicted molar refractivity (Wildman–Crippen MR) is 68.2 cm³/mol. The van der Waals surface area contributed by atoms with E-state index in [1.807, 2.05) is 19.2 Å². The number of esters is 1. The Morgan fingerprint density at radius 1 is 1.53 bits per heavy atom. The Kier molecular flexibility index (Phi) is 3.22. The SMILES string of the molecule is COC(=O)c1cc(N)ccc1N(C)CC1CC1. The second kappa shape index (κ2) is 4.65. The van der Waals surface area contributed by atoms with Crippen molar-refractivity contribution < 1.29 is 9.53 Å². The molecule has 0 spiro atoms. The van der Waals surface area contributed by atoms with Gasteiger partial charge in [0.1, 0.15) is 0 Å². The molecule has 0 atom stereocenters. The summed E-state index contributed by atoms with van der Waals surface area (Å²) in [5.74, 6) is 0.429. The van der Waals surface area contributed by atoms with Crippen molar-refractivity contribution >= 4 is 17.3 Å². The van der Waals surface area contributed by atoms with Crippen LogP contribution < -0.4 is 10.6 Å². The third kappa shape index (κ3) is 2.70. The molecule has 0 saturated heterocycles. The minimum absolute atomic E-state index is 0.338. The molecule has 1 aliphatic carbocycles. The molecule has 2 N–H and O–H groups in total. The van der Waals surface area contributed by atoms with Gasteiger partial charge in [0.25, 0.3) is 0 Å². The van der Waals surface area contributed by atoms with Crippen molar-refractivity contribution in [2.24, 2.45) is 5.92 Å². The Balaban J connectivity index is 2.26. The van der Waals surface area contributed by atoms with Crippen LogP contribution in [0.3, 0.4) is 0 Å². The normalized spacial score (nSPS) is 14.5. The van der Waals surface area contributed by atoms with Crippen molar-refractivity contribution in [3.8, 4) is 0 Å². The van der Waals surface area contributed by atoms with Crippen molar-refractivity contribution in [3.05, 3.63) is 23.8 Å². The third-order valence-electron chi connectivity index (χ3n) is 3.07. The van der Waals surface area contributed by atoms with Gasteiger partial charge in [-0.05, 0) is 37.0 Å². The number of nitrogens with zero attached hydrogens (tertiary/aromatic N) is 1. The summed E-state index contributed by atoms with van der Waals surface area (Å²) in [6, 6.07) is 5.36. The fraction of sp³-hybridized carbons (Fsp3) is 0.462. The van der Waals surface area contributed by atoms with Gasteiger partial charge >= 0.3 is 5.97 Å². The lowest BCUT2D eigenvalue weighted by Crippen LogP contribution is -2.22. The van der Waals surface area contributed by atoms with E-state index >= 15 is 0 Å². The van der Waals surface area contributed by atoms with Crippen molar-refractivity contribution in [1.82, 2.24) is 0 Å². The number of nitrogen functional groups attached to an aromatic ring is 1. The zero-order valence-electron chi connectivity index (χ0n) is 10.3. The molecule has 0 aromatic heterocycles. The summed E-state index contributed by atoms with van der Waals surface area (Å²) in [6.45, 7) is 0.980. The Labute approximate surface area is 101 Å². The topological polar surface area (TPSA) is 55.6 Å². The summed E-state index contributed by atoms with van der Waals surface area (Å²) >= 11 is 0. The summed E-state index contributed by atoms with van der Waals surface area (Å²) in [5, 5.41) is 0. The summed E-state index contributed by atoms with van der Waals surface area (Å²) in [6.07, 6.45) is 2.57. The third-order valence-corrected chi connectivity index (χ3v) is 3.07. The molecule has 1 saturated carbocycles. The Bertz CT molecular complexity index is 427. The number of ether oxygens (including phenoxy) is 1. The van der Waals surface area contributed by atoms with Crippen LogP contribution in [-0.4, -0.2) is 26.7 Å². The van der Waals surface area contributed by atoms with Crippen LogP contribution in [0, 0.1) is 5.92 Å². The lowest BCUT2D eigenvalue weighted by atomic mass is 10.1. The molecule has 17 heavy (non-hydrogen) atoms. The van der Waals surface area contributed by atoms with Crippen LogP contribution in [-0.2, 0) is 4.74 Å².